The highest BCUT2D eigenvalue weighted by Gasteiger charge is 2.20. The minimum atomic E-state index is -0.642. The number of hydrogen-bond acceptors (Lipinski definition) is 1. The molecule has 0 aliphatic heterocycles. The van der Waals surface area contributed by atoms with Crippen LogP contribution in [0.1, 0.15) is 19.2 Å². The van der Waals surface area contributed by atoms with Gasteiger partial charge in [-0.05, 0) is 89.6 Å². The Morgan fingerprint density at radius 2 is 0.959 bits per heavy atom. The smallest absolute Gasteiger partial charge is 0.143 e. The van der Waals surface area contributed by atoms with Gasteiger partial charge in [0.1, 0.15) is 11.2 Å². The molecular weight excluding hydrogens is 593 g/mol. The maximum atomic E-state index is 9.70. The van der Waals surface area contributed by atoms with Crippen LogP contribution in [0.5, 0.6) is 0 Å². The lowest BCUT2D eigenvalue weighted by atomic mass is 9.83. The molecule has 0 aliphatic rings. The second-order valence-electron chi connectivity index (χ2n) is 11.7. The average Bonchev–Trinajstić information content (AvgIpc) is 3.68. The van der Waals surface area contributed by atoms with Crippen molar-refractivity contribution in [3.8, 4) is 44.5 Å². The van der Waals surface area contributed by atoms with Crippen LogP contribution in [-0.2, 0) is 0 Å². The fourth-order valence-electron chi connectivity index (χ4n) is 7.00. The highest BCUT2D eigenvalue weighted by atomic mass is 16.3. The van der Waals surface area contributed by atoms with Gasteiger partial charge in [-0.15, -0.1) is 0 Å². The summed E-state index contributed by atoms with van der Waals surface area (Å²) in [4.78, 5) is 0. The largest absolute Gasteiger partial charge is 0.455 e. The minimum Gasteiger partial charge on any atom is -0.455 e. The van der Waals surface area contributed by atoms with E-state index < -0.39 is 66.5 Å². The molecule has 0 atom stereocenters. The lowest BCUT2D eigenvalue weighted by Gasteiger charge is -2.19. The third kappa shape index (κ3) is 4.33. The molecule has 0 unspecified atom stereocenters. The normalized spacial score (nSPS) is 15.7. The summed E-state index contributed by atoms with van der Waals surface area (Å²) in [6.45, 7) is 0. The van der Waals surface area contributed by atoms with Crippen LogP contribution in [0.15, 0.2) is 186 Å². The van der Waals surface area contributed by atoms with Crippen LogP contribution >= 0.6 is 0 Å². The molecular formula is C48H30O. The molecule has 9 aromatic carbocycles. The second kappa shape index (κ2) is 11.1. The molecule has 0 N–H and O–H groups in total. The molecule has 0 fully saturated rings. The van der Waals surface area contributed by atoms with E-state index in [9.17, 15) is 2.74 Å². The Labute approximate surface area is 304 Å². The van der Waals surface area contributed by atoms with Gasteiger partial charge in [0.05, 0.1) is 19.2 Å². The van der Waals surface area contributed by atoms with Gasteiger partial charge in [-0.2, -0.15) is 0 Å². The van der Waals surface area contributed by atoms with Gasteiger partial charge < -0.3 is 4.42 Å². The van der Waals surface area contributed by atoms with Crippen LogP contribution in [0.4, 0.5) is 0 Å². The Hall–Kier alpha value is -6.44. The van der Waals surface area contributed by atoms with Crippen molar-refractivity contribution in [2.24, 2.45) is 0 Å². The Balaban J connectivity index is 1.34. The summed E-state index contributed by atoms with van der Waals surface area (Å²) >= 11 is 0. The summed E-state index contributed by atoms with van der Waals surface area (Å²) in [6.07, 6.45) is 0. The van der Waals surface area contributed by atoms with E-state index in [4.69, 9.17) is 20.9 Å². The molecule has 0 amide bonds. The zero-order chi connectivity index (χ0) is 44.5. The highest BCUT2D eigenvalue weighted by Crippen LogP contribution is 2.47. The molecule has 1 nitrogen and oxygen atoms in total. The zero-order valence-electron chi connectivity index (χ0n) is 39.6. The number of fused-ring (bicyclic) bond motifs is 7. The first-order valence-electron chi connectivity index (χ1n) is 22.7. The zero-order valence-corrected chi connectivity index (χ0v) is 25.6. The summed E-state index contributed by atoms with van der Waals surface area (Å²) in [7, 11) is 0. The van der Waals surface area contributed by atoms with Crippen LogP contribution in [0.25, 0.3) is 98.8 Å². The molecule has 0 saturated carbocycles. The van der Waals surface area contributed by atoms with Crippen LogP contribution in [0.3, 0.4) is 0 Å². The van der Waals surface area contributed by atoms with Crippen molar-refractivity contribution in [2.45, 2.75) is 0 Å². The number of furan rings is 1. The van der Waals surface area contributed by atoms with E-state index in [1.54, 1.807) is 42.5 Å². The Morgan fingerprint density at radius 1 is 0.367 bits per heavy atom. The SMILES string of the molecule is [2H]c1c([2H])c([2H])c(-c2c([2H])c([2H])c([2H])c([2H])c2-c2c3ccccc3c(-c3ccc4oc5c6c([2H])c([2H])c([2H])c([2H])c6c(-c6ccccc6)c([2H])c5c4c3)c3ccccc23)c([2H])c1[2H]. The fraction of sp³-hybridized carbons (Fsp3) is 0. The standard InChI is InChI=1S/C48H30O/c1-3-15-31(16-4-1)34-19-7-9-21-36(34)47-39-24-12-10-22-37(39)46(38-23-11-13-25-40(38)47)33-27-28-45-43(29-33)44-30-42(32-17-5-2-6-18-32)35-20-8-14-26-41(35)48(44)49-45/h1-30H/i1D,3D,4D,7D,8D,9D,14D,15D,16D,19D,20D,21D,26D,30D. The predicted octanol–water partition coefficient (Wildman–Crippen LogP) is 13.7. The van der Waals surface area contributed by atoms with Crippen molar-refractivity contribution in [3.63, 3.8) is 0 Å². The first-order chi connectivity index (χ1) is 30.1. The topological polar surface area (TPSA) is 13.1 Å². The molecule has 0 saturated heterocycles. The Kier molecular flexibility index (Phi) is 3.87. The summed E-state index contributed by atoms with van der Waals surface area (Å²) in [6, 6.07) is 22.4. The minimum absolute atomic E-state index is 0.0214. The summed E-state index contributed by atoms with van der Waals surface area (Å²) < 4.78 is 130. The molecule has 10 aromatic rings. The first kappa shape index (κ1) is 17.1. The Morgan fingerprint density at radius 3 is 1.67 bits per heavy atom. The summed E-state index contributed by atoms with van der Waals surface area (Å²) in [5.74, 6) is 0. The van der Waals surface area contributed by atoms with Crippen LogP contribution < -0.4 is 0 Å². The van der Waals surface area contributed by atoms with Crippen molar-refractivity contribution >= 4 is 54.3 Å². The molecule has 10 rings (SSSR count). The van der Waals surface area contributed by atoms with Crippen molar-refractivity contribution < 1.29 is 23.6 Å². The van der Waals surface area contributed by atoms with E-state index >= 15 is 0 Å². The van der Waals surface area contributed by atoms with Gasteiger partial charge in [0, 0.05) is 16.2 Å². The van der Waals surface area contributed by atoms with Crippen molar-refractivity contribution in [1.82, 2.24) is 0 Å². The molecule has 49 heavy (non-hydrogen) atoms. The van der Waals surface area contributed by atoms with Crippen LogP contribution in [0, 0.1) is 0 Å². The molecule has 1 aromatic heterocycles. The third-order valence-corrected chi connectivity index (χ3v) is 9.07. The molecule has 0 aliphatic carbocycles. The van der Waals surface area contributed by atoms with Gasteiger partial charge in [0.15, 0.2) is 0 Å². The molecule has 0 bridgehead atoms. The van der Waals surface area contributed by atoms with E-state index in [2.05, 4.69) is 0 Å². The third-order valence-electron chi connectivity index (χ3n) is 9.07. The average molecular weight is 637 g/mol. The first-order valence-corrected chi connectivity index (χ1v) is 15.7. The van der Waals surface area contributed by atoms with Crippen LogP contribution in [-0.4, -0.2) is 0 Å². The van der Waals surface area contributed by atoms with Crippen molar-refractivity contribution in [3.05, 3.63) is 182 Å². The van der Waals surface area contributed by atoms with Crippen molar-refractivity contribution in [1.29, 1.82) is 0 Å². The molecule has 0 spiro atoms. The number of rotatable bonds is 4. The maximum absolute atomic E-state index is 9.70. The monoisotopic (exact) mass is 636 g/mol. The summed E-state index contributed by atoms with van der Waals surface area (Å²) in [5, 5.41) is 3.65. The van der Waals surface area contributed by atoms with Gasteiger partial charge in [-0.25, -0.2) is 0 Å². The van der Waals surface area contributed by atoms with E-state index in [-0.39, 0.29) is 51.2 Å². The van der Waals surface area contributed by atoms with Gasteiger partial charge in [0.2, 0.25) is 0 Å². The highest BCUT2D eigenvalue weighted by molar-refractivity contribution is 6.24. The predicted molar refractivity (Wildman–Crippen MR) is 208 cm³/mol. The molecule has 1 heterocycles. The quantitative estimate of drug-likeness (QED) is 0.175. The lowest BCUT2D eigenvalue weighted by Crippen LogP contribution is -1.92. The van der Waals surface area contributed by atoms with Gasteiger partial charge in [-0.1, -0.05) is 163 Å². The maximum Gasteiger partial charge on any atom is 0.143 e. The van der Waals surface area contributed by atoms with E-state index in [0.717, 1.165) is 5.56 Å². The molecule has 0 radical (unpaired) electrons. The summed E-state index contributed by atoms with van der Waals surface area (Å²) in [5.41, 5.74) is 2.64. The van der Waals surface area contributed by atoms with E-state index in [1.165, 1.54) is 0 Å². The van der Waals surface area contributed by atoms with Gasteiger partial charge >= 0.3 is 0 Å². The second-order valence-corrected chi connectivity index (χ2v) is 11.7. The van der Waals surface area contributed by atoms with Gasteiger partial charge in [-0.3, -0.25) is 0 Å². The lowest BCUT2D eigenvalue weighted by molar-refractivity contribution is 0.673. The van der Waals surface area contributed by atoms with E-state index in [0.29, 0.717) is 60.2 Å². The number of hydrogen-bond donors (Lipinski definition) is 0. The van der Waals surface area contributed by atoms with Crippen molar-refractivity contribution in [2.75, 3.05) is 0 Å². The van der Waals surface area contributed by atoms with E-state index in [1.807, 2.05) is 54.6 Å². The Bertz CT molecular complexity index is 3590. The number of benzene rings is 9. The van der Waals surface area contributed by atoms with Gasteiger partial charge in [0.25, 0.3) is 0 Å². The van der Waals surface area contributed by atoms with Crippen LogP contribution in [0.2, 0.25) is 0 Å². The fourth-order valence-corrected chi connectivity index (χ4v) is 7.00. The molecule has 228 valence electrons. The molecule has 1 heteroatoms.